The zero-order valence-corrected chi connectivity index (χ0v) is 10.4. The Morgan fingerprint density at radius 1 is 1.33 bits per heavy atom. The summed E-state index contributed by atoms with van der Waals surface area (Å²) >= 11 is 0. The number of hydrogen-bond acceptors (Lipinski definition) is 4. The summed E-state index contributed by atoms with van der Waals surface area (Å²) < 4.78 is 4.70. The molecular formula is C13H18N2O3. The average molecular weight is 250 g/mol. The number of nitrogens with one attached hydrogen (secondary N) is 1. The first kappa shape index (κ1) is 14.2. The van der Waals surface area contributed by atoms with Gasteiger partial charge in [0.25, 0.3) is 0 Å². The molecule has 0 saturated heterocycles. The lowest BCUT2D eigenvalue weighted by molar-refractivity contribution is -0.143. The standard InChI is InChI=1S/C13H18N2O3/c1-2-18-12(16)9-15-13(17)11(14)8-10-6-4-3-5-7-10/h3-7,11H,2,8-9,14H2,1H3,(H,15,17)/t11-/m1/s1. The minimum absolute atomic E-state index is 0.144. The van der Waals surface area contributed by atoms with Crippen LogP contribution in [0.25, 0.3) is 0 Å². The van der Waals surface area contributed by atoms with Crippen molar-refractivity contribution in [3.05, 3.63) is 35.9 Å². The lowest BCUT2D eigenvalue weighted by Gasteiger charge is -2.11. The molecule has 5 nitrogen and oxygen atoms in total. The van der Waals surface area contributed by atoms with E-state index in [4.69, 9.17) is 10.5 Å². The summed E-state index contributed by atoms with van der Waals surface area (Å²) in [6, 6.07) is 8.81. The van der Waals surface area contributed by atoms with Crippen molar-refractivity contribution < 1.29 is 14.3 Å². The molecule has 1 aromatic carbocycles. The van der Waals surface area contributed by atoms with Crippen LogP contribution in [0.5, 0.6) is 0 Å². The van der Waals surface area contributed by atoms with E-state index in [-0.39, 0.29) is 12.5 Å². The van der Waals surface area contributed by atoms with E-state index in [1.54, 1.807) is 6.92 Å². The number of carbonyl (C=O) groups excluding carboxylic acids is 2. The molecule has 0 saturated carbocycles. The summed E-state index contributed by atoms with van der Waals surface area (Å²) in [6.45, 7) is 1.86. The fraction of sp³-hybridized carbons (Fsp3) is 0.385. The molecule has 18 heavy (non-hydrogen) atoms. The van der Waals surface area contributed by atoms with Gasteiger partial charge in [0.1, 0.15) is 6.54 Å². The van der Waals surface area contributed by atoms with Crippen molar-refractivity contribution in [3.8, 4) is 0 Å². The van der Waals surface area contributed by atoms with Gasteiger partial charge in [0.2, 0.25) is 5.91 Å². The van der Waals surface area contributed by atoms with Crippen LogP contribution in [0.15, 0.2) is 30.3 Å². The molecule has 0 unspecified atom stereocenters. The van der Waals surface area contributed by atoms with Gasteiger partial charge in [-0.05, 0) is 18.9 Å². The van der Waals surface area contributed by atoms with Crippen LogP contribution >= 0.6 is 0 Å². The van der Waals surface area contributed by atoms with E-state index in [0.29, 0.717) is 13.0 Å². The van der Waals surface area contributed by atoms with E-state index in [1.807, 2.05) is 30.3 Å². The third-order valence-corrected chi connectivity index (χ3v) is 2.35. The van der Waals surface area contributed by atoms with Crippen LogP contribution in [0, 0.1) is 0 Å². The normalized spacial score (nSPS) is 11.7. The minimum atomic E-state index is -0.665. The molecule has 3 N–H and O–H groups in total. The predicted molar refractivity (Wildman–Crippen MR) is 67.8 cm³/mol. The summed E-state index contributed by atoms with van der Waals surface area (Å²) in [5.74, 6) is -0.815. The van der Waals surface area contributed by atoms with Crippen LogP contribution in [0.1, 0.15) is 12.5 Å². The van der Waals surface area contributed by atoms with E-state index < -0.39 is 12.0 Å². The van der Waals surface area contributed by atoms with Crippen LogP contribution in [0.4, 0.5) is 0 Å². The van der Waals surface area contributed by atoms with Crippen LogP contribution < -0.4 is 11.1 Å². The van der Waals surface area contributed by atoms with Gasteiger partial charge in [-0.2, -0.15) is 0 Å². The van der Waals surface area contributed by atoms with Gasteiger partial charge in [-0.3, -0.25) is 9.59 Å². The third-order valence-electron chi connectivity index (χ3n) is 2.35. The SMILES string of the molecule is CCOC(=O)CNC(=O)[C@H](N)Cc1ccccc1. The second-order valence-corrected chi connectivity index (χ2v) is 3.82. The molecule has 0 fully saturated rings. The Balaban J connectivity index is 2.35. The van der Waals surface area contributed by atoms with Crippen LogP contribution in [-0.2, 0) is 20.7 Å². The molecule has 0 bridgehead atoms. The molecule has 0 aliphatic heterocycles. The first-order valence-corrected chi connectivity index (χ1v) is 5.86. The Bertz CT molecular complexity index is 392. The average Bonchev–Trinajstić information content (AvgIpc) is 2.37. The molecule has 0 spiro atoms. The maximum Gasteiger partial charge on any atom is 0.325 e. The fourth-order valence-electron chi connectivity index (χ4n) is 1.46. The van der Waals surface area contributed by atoms with Gasteiger partial charge < -0.3 is 15.8 Å². The number of ether oxygens (including phenoxy) is 1. The van der Waals surface area contributed by atoms with Crippen LogP contribution in [0.2, 0.25) is 0 Å². The first-order valence-electron chi connectivity index (χ1n) is 5.86. The Morgan fingerprint density at radius 3 is 2.61 bits per heavy atom. The zero-order chi connectivity index (χ0) is 13.4. The molecule has 1 rings (SSSR count). The molecule has 1 amide bonds. The molecule has 0 heterocycles. The number of carbonyl (C=O) groups is 2. The largest absolute Gasteiger partial charge is 0.465 e. The van der Waals surface area contributed by atoms with Gasteiger partial charge in [-0.25, -0.2) is 0 Å². The van der Waals surface area contributed by atoms with E-state index in [1.165, 1.54) is 0 Å². The van der Waals surface area contributed by atoms with E-state index in [0.717, 1.165) is 5.56 Å². The number of benzene rings is 1. The molecular weight excluding hydrogens is 232 g/mol. The number of esters is 1. The number of rotatable bonds is 6. The molecule has 1 aromatic rings. The summed E-state index contributed by atoms with van der Waals surface area (Å²) in [5, 5.41) is 2.45. The van der Waals surface area contributed by atoms with Crippen LogP contribution in [-0.4, -0.2) is 31.1 Å². The first-order chi connectivity index (χ1) is 8.63. The quantitative estimate of drug-likeness (QED) is 0.708. The third kappa shape index (κ3) is 4.97. The summed E-state index contributed by atoms with van der Waals surface area (Å²) in [6.07, 6.45) is 0.440. The smallest absolute Gasteiger partial charge is 0.325 e. The van der Waals surface area contributed by atoms with Gasteiger partial charge in [0.05, 0.1) is 12.6 Å². The van der Waals surface area contributed by atoms with E-state index in [9.17, 15) is 9.59 Å². The molecule has 0 aromatic heterocycles. The van der Waals surface area contributed by atoms with Gasteiger partial charge >= 0.3 is 5.97 Å². The highest BCUT2D eigenvalue weighted by molar-refractivity contribution is 5.85. The van der Waals surface area contributed by atoms with Crippen molar-refractivity contribution in [1.82, 2.24) is 5.32 Å². The van der Waals surface area contributed by atoms with E-state index in [2.05, 4.69) is 5.32 Å². The molecule has 0 aliphatic rings. The van der Waals surface area contributed by atoms with Gasteiger partial charge in [-0.15, -0.1) is 0 Å². The lowest BCUT2D eigenvalue weighted by atomic mass is 10.1. The van der Waals surface area contributed by atoms with Crippen molar-refractivity contribution in [3.63, 3.8) is 0 Å². The van der Waals surface area contributed by atoms with Gasteiger partial charge in [0, 0.05) is 0 Å². The highest BCUT2D eigenvalue weighted by atomic mass is 16.5. The molecule has 98 valence electrons. The maximum absolute atomic E-state index is 11.6. The molecule has 1 atom stereocenters. The highest BCUT2D eigenvalue weighted by Crippen LogP contribution is 2.01. The monoisotopic (exact) mass is 250 g/mol. The summed E-state index contributed by atoms with van der Waals surface area (Å²) in [5.41, 5.74) is 6.73. The second-order valence-electron chi connectivity index (χ2n) is 3.82. The van der Waals surface area contributed by atoms with E-state index >= 15 is 0 Å². The van der Waals surface area contributed by atoms with Gasteiger partial charge in [0.15, 0.2) is 0 Å². The van der Waals surface area contributed by atoms with Crippen molar-refractivity contribution in [1.29, 1.82) is 0 Å². The Morgan fingerprint density at radius 2 is 2.00 bits per heavy atom. The predicted octanol–water partition coefficient (Wildman–Crippen LogP) is 0.236. The molecule has 0 aliphatic carbocycles. The molecule has 5 heteroatoms. The number of hydrogen-bond donors (Lipinski definition) is 2. The fourth-order valence-corrected chi connectivity index (χ4v) is 1.46. The van der Waals surface area contributed by atoms with Crippen molar-refractivity contribution >= 4 is 11.9 Å². The summed E-state index contributed by atoms with van der Waals surface area (Å²) in [7, 11) is 0. The maximum atomic E-state index is 11.6. The van der Waals surface area contributed by atoms with Crippen molar-refractivity contribution in [2.75, 3.05) is 13.2 Å². The number of nitrogens with two attached hydrogens (primary N) is 1. The Labute approximate surface area is 106 Å². The minimum Gasteiger partial charge on any atom is -0.465 e. The summed E-state index contributed by atoms with van der Waals surface area (Å²) in [4.78, 5) is 22.7. The molecule has 0 radical (unpaired) electrons. The zero-order valence-electron chi connectivity index (χ0n) is 10.4. The topological polar surface area (TPSA) is 81.4 Å². The van der Waals surface area contributed by atoms with Crippen LogP contribution in [0.3, 0.4) is 0 Å². The lowest BCUT2D eigenvalue weighted by Crippen LogP contribution is -2.44. The van der Waals surface area contributed by atoms with Gasteiger partial charge in [-0.1, -0.05) is 30.3 Å². The van der Waals surface area contributed by atoms with Crippen molar-refractivity contribution in [2.24, 2.45) is 5.73 Å². The Hall–Kier alpha value is -1.88. The number of amides is 1. The second kappa shape index (κ2) is 7.45. The Kier molecular flexibility index (Phi) is 5.87. The highest BCUT2D eigenvalue weighted by Gasteiger charge is 2.14. The van der Waals surface area contributed by atoms with Crippen molar-refractivity contribution in [2.45, 2.75) is 19.4 Å².